The third-order valence-electron chi connectivity index (χ3n) is 4.84. The van der Waals surface area contributed by atoms with Crippen LogP contribution >= 0.6 is 15.9 Å². The number of benzene rings is 2. The molecule has 4 aromatic rings. The Balaban J connectivity index is 1.57. The highest BCUT2D eigenvalue weighted by Crippen LogP contribution is 2.22. The molecule has 0 saturated heterocycles. The van der Waals surface area contributed by atoms with Crippen molar-refractivity contribution in [1.82, 2.24) is 14.7 Å². The molecule has 0 bridgehead atoms. The maximum absolute atomic E-state index is 12.9. The largest absolute Gasteiger partial charge is 0.333 e. The zero-order valence-corrected chi connectivity index (χ0v) is 18.5. The van der Waals surface area contributed by atoms with E-state index in [4.69, 9.17) is 4.52 Å². The van der Waals surface area contributed by atoms with E-state index in [1.807, 2.05) is 56.3 Å². The molecule has 0 radical (unpaired) electrons. The number of aryl methyl sites for hydroxylation is 2. The molecular formula is C23H19BrN4O3. The average Bonchev–Trinajstić information content (AvgIpc) is 3.23. The smallest absolute Gasteiger partial charge is 0.263 e. The normalized spacial score (nSPS) is 10.8. The summed E-state index contributed by atoms with van der Waals surface area (Å²) in [5.74, 6) is 0.190. The molecule has 0 spiro atoms. The van der Waals surface area contributed by atoms with Crippen LogP contribution in [0.15, 0.2) is 74.6 Å². The van der Waals surface area contributed by atoms with Gasteiger partial charge in [-0.05, 0) is 61.4 Å². The first-order chi connectivity index (χ1) is 14.9. The number of para-hydroxylation sites is 1. The van der Waals surface area contributed by atoms with Crippen LogP contribution in [0.3, 0.4) is 0 Å². The molecule has 0 atom stereocenters. The summed E-state index contributed by atoms with van der Waals surface area (Å²) in [6.07, 6.45) is 1.56. The van der Waals surface area contributed by atoms with Gasteiger partial charge in [0.2, 0.25) is 11.7 Å². The summed E-state index contributed by atoms with van der Waals surface area (Å²) >= 11 is 3.38. The van der Waals surface area contributed by atoms with E-state index in [0.717, 1.165) is 26.9 Å². The van der Waals surface area contributed by atoms with E-state index in [1.54, 1.807) is 18.3 Å². The van der Waals surface area contributed by atoms with Crippen LogP contribution in [0.1, 0.15) is 11.1 Å². The zero-order valence-electron chi connectivity index (χ0n) is 16.9. The van der Waals surface area contributed by atoms with E-state index >= 15 is 0 Å². The SMILES string of the molecule is Cc1cccc(C)c1NC(=O)Cn1cccc(-c2nc(-c3ccc(Br)cc3)no2)c1=O. The lowest BCUT2D eigenvalue weighted by Crippen LogP contribution is -2.28. The number of nitrogens with one attached hydrogen (secondary N) is 1. The molecule has 0 saturated carbocycles. The van der Waals surface area contributed by atoms with E-state index in [9.17, 15) is 9.59 Å². The maximum atomic E-state index is 12.9. The van der Waals surface area contributed by atoms with Gasteiger partial charge >= 0.3 is 0 Å². The summed E-state index contributed by atoms with van der Waals surface area (Å²) in [4.78, 5) is 29.9. The minimum absolute atomic E-state index is 0.104. The van der Waals surface area contributed by atoms with Crippen LogP contribution in [-0.2, 0) is 11.3 Å². The molecule has 7 nitrogen and oxygen atoms in total. The number of amides is 1. The van der Waals surface area contributed by atoms with Crippen LogP contribution in [0.25, 0.3) is 22.8 Å². The van der Waals surface area contributed by atoms with Crippen molar-refractivity contribution < 1.29 is 9.32 Å². The number of nitrogens with zero attached hydrogens (tertiary/aromatic N) is 3. The summed E-state index contributed by atoms with van der Waals surface area (Å²) in [5, 5.41) is 6.86. The van der Waals surface area contributed by atoms with Crippen LogP contribution in [-0.4, -0.2) is 20.6 Å². The van der Waals surface area contributed by atoms with E-state index < -0.39 is 0 Å². The van der Waals surface area contributed by atoms with Crippen molar-refractivity contribution in [2.75, 3.05) is 5.32 Å². The molecular weight excluding hydrogens is 460 g/mol. The second-order valence-electron chi connectivity index (χ2n) is 7.10. The number of hydrogen-bond acceptors (Lipinski definition) is 5. The summed E-state index contributed by atoms with van der Waals surface area (Å²) in [5.41, 5.74) is 3.29. The molecule has 0 unspecified atom stereocenters. The molecule has 8 heteroatoms. The zero-order chi connectivity index (χ0) is 22.0. The molecule has 2 aromatic carbocycles. The van der Waals surface area contributed by atoms with Gasteiger partial charge in [0, 0.05) is 21.9 Å². The fourth-order valence-electron chi connectivity index (χ4n) is 3.22. The van der Waals surface area contributed by atoms with E-state index in [2.05, 4.69) is 31.4 Å². The van der Waals surface area contributed by atoms with Crippen LogP contribution in [0.5, 0.6) is 0 Å². The topological polar surface area (TPSA) is 90.0 Å². The summed E-state index contributed by atoms with van der Waals surface area (Å²) < 4.78 is 7.57. The van der Waals surface area contributed by atoms with Gasteiger partial charge in [-0.2, -0.15) is 4.98 Å². The van der Waals surface area contributed by atoms with Crippen molar-refractivity contribution >= 4 is 27.5 Å². The molecule has 2 heterocycles. The molecule has 2 aromatic heterocycles. The predicted octanol–water partition coefficient (Wildman–Crippen LogP) is 4.58. The van der Waals surface area contributed by atoms with Crippen LogP contribution in [0.2, 0.25) is 0 Å². The maximum Gasteiger partial charge on any atom is 0.263 e. The fourth-order valence-corrected chi connectivity index (χ4v) is 3.48. The van der Waals surface area contributed by atoms with E-state index in [-0.39, 0.29) is 29.5 Å². The second-order valence-corrected chi connectivity index (χ2v) is 8.02. The molecule has 1 amide bonds. The highest BCUT2D eigenvalue weighted by Gasteiger charge is 2.16. The average molecular weight is 479 g/mol. The Hall–Kier alpha value is -3.52. The first kappa shape index (κ1) is 20.7. The van der Waals surface area contributed by atoms with Gasteiger partial charge in [0.15, 0.2) is 0 Å². The van der Waals surface area contributed by atoms with Crippen molar-refractivity contribution in [1.29, 1.82) is 0 Å². The van der Waals surface area contributed by atoms with Crippen molar-refractivity contribution in [2.24, 2.45) is 0 Å². The molecule has 1 N–H and O–H groups in total. The first-order valence-corrected chi connectivity index (χ1v) is 10.4. The van der Waals surface area contributed by atoms with Gasteiger partial charge in [0.25, 0.3) is 11.4 Å². The second kappa shape index (κ2) is 8.69. The third-order valence-corrected chi connectivity index (χ3v) is 5.37. The van der Waals surface area contributed by atoms with Crippen molar-refractivity contribution in [3.8, 4) is 22.8 Å². The first-order valence-electron chi connectivity index (χ1n) is 9.58. The number of carbonyl (C=O) groups is 1. The van der Waals surface area contributed by atoms with Crippen LogP contribution in [0, 0.1) is 13.8 Å². The highest BCUT2D eigenvalue weighted by molar-refractivity contribution is 9.10. The minimum atomic E-state index is -0.384. The number of aromatic nitrogens is 3. The van der Waals surface area contributed by atoms with Crippen LogP contribution < -0.4 is 10.9 Å². The van der Waals surface area contributed by atoms with Gasteiger partial charge in [0.05, 0.1) is 0 Å². The molecule has 0 aliphatic heterocycles. The summed E-state index contributed by atoms with van der Waals surface area (Å²) in [6.45, 7) is 3.72. The number of halogens is 1. The number of hydrogen-bond donors (Lipinski definition) is 1. The number of pyridine rings is 1. The number of anilines is 1. The Morgan fingerprint density at radius 2 is 1.77 bits per heavy atom. The van der Waals surface area contributed by atoms with Crippen molar-refractivity contribution in [3.63, 3.8) is 0 Å². The lowest BCUT2D eigenvalue weighted by Gasteiger charge is -2.12. The van der Waals surface area contributed by atoms with Gasteiger partial charge in [-0.25, -0.2) is 0 Å². The molecule has 0 aliphatic carbocycles. The standard InChI is InChI=1S/C23H19BrN4O3/c1-14-5-3-6-15(2)20(14)25-19(29)13-28-12-4-7-18(23(28)30)22-26-21(27-31-22)16-8-10-17(24)11-9-16/h3-12H,13H2,1-2H3,(H,25,29). The van der Waals surface area contributed by atoms with Crippen molar-refractivity contribution in [2.45, 2.75) is 20.4 Å². The van der Waals surface area contributed by atoms with E-state index in [0.29, 0.717) is 5.82 Å². The lowest BCUT2D eigenvalue weighted by molar-refractivity contribution is -0.116. The Bertz CT molecular complexity index is 1290. The fraction of sp³-hybridized carbons (Fsp3) is 0.130. The highest BCUT2D eigenvalue weighted by atomic mass is 79.9. The monoisotopic (exact) mass is 478 g/mol. The Kier molecular flexibility index (Phi) is 5.81. The molecule has 156 valence electrons. The Morgan fingerprint density at radius 3 is 2.48 bits per heavy atom. The summed E-state index contributed by atoms with van der Waals surface area (Å²) in [6, 6.07) is 16.5. The minimum Gasteiger partial charge on any atom is -0.333 e. The Labute approximate surface area is 186 Å². The van der Waals surface area contributed by atoms with Gasteiger partial charge in [-0.15, -0.1) is 0 Å². The van der Waals surface area contributed by atoms with Gasteiger partial charge in [-0.1, -0.05) is 39.3 Å². The van der Waals surface area contributed by atoms with Gasteiger partial charge in [-0.3, -0.25) is 9.59 Å². The predicted molar refractivity (Wildman–Crippen MR) is 122 cm³/mol. The van der Waals surface area contributed by atoms with Gasteiger partial charge in [0.1, 0.15) is 12.1 Å². The number of carbonyl (C=O) groups excluding carboxylic acids is 1. The molecule has 31 heavy (non-hydrogen) atoms. The number of rotatable bonds is 5. The third kappa shape index (κ3) is 4.49. The Morgan fingerprint density at radius 1 is 1.06 bits per heavy atom. The quantitative estimate of drug-likeness (QED) is 0.453. The van der Waals surface area contributed by atoms with Crippen LogP contribution in [0.4, 0.5) is 5.69 Å². The molecule has 0 fully saturated rings. The van der Waals surface area contributed by atoms with E-state index in [1.165, 1.54) is 4.57 Å². The summed E-state index contributed by atoms with van der Waals surface area (Å²) in [7, 11) is 0. The van der Waals surface area contributed by atoms with Gasteiger partial charge < -0.3 is 14.4 Å². The van der Waals surface area contributed by atoms with Crippen molar-refractivity contribution in [3.05, 3.63) is 86.7 Å². The molecule has 4 rings (SSSR count). The molecule has 0 aliphatic rings. The lowest BCUT2D eigenvalue weighted by atomic mass is 10.1.